The molecule has 9 heteroatoms. The normalized spacial score (nSPS) is 14.4. The summed E-state index contributed by atoms with van der Waals surface area (Å²) in [4.78, 5) is 17.1. The van der Waals surface area contributed by atoms with Crippen molar-refractivity contribution in [3.05, 3.63) is 53.7 Å². The molecule has 4 N–H and O–H groups in total. The van der Waals surface area contributed by atoms with Crippen LogP contribution in [-0.4, -0.2) is 48.6 Å². The molecule has 0 bridgehead atoms. The number of anilines is 2. The van der Waals surface area contributed by atoms with Gasteiger partial charge in [-0.2, -0.15) is 10.1 Å². The first-order valence-electron chi connectivity index (χ1n) is 11.2. The first kappa shape index (κ1) is 21.1. The number of fused-ring (bicyclic) bond motifs is 1. The van der Waals surface area contributed by atoms with Gasteiger partial charge in [0.15, 0.2) is 5.82 Å². The molecule has 2 heterocycles. The van der Waals surface area contributed by atoms with Gasteiger partial charge in [0.25, 0.3) is 5.91 Å². The molecule has 1 fully saturated rings. The lowest BCUT2D eigenvalue weighted by Crippen LogP contribution is -2.36. The van der Waals surface area contributed by atoms with Gasteiger partial charge >= 0.3 is 0 Å². The number of aromatic nitrogens is 5. The minimum atomic E-state index is -0.245. The Morgan fingerprint density at radius 2 is 2.03 bits per heavy atom. The van der Waals surface area contributed by atoms with Crippen LogP contribution in [0.2, 0.25) is 0 Å². The number of H-pyrrole nitrogens is 1. The van der Waals surface area contributed by atoms with Crippen molar-refractivity contribution >= 4 is 28.4 Å². The van der Waals surface area contributed by atoms with Gasteiger partial charge in [-0.25, -0.2) is 4.68 Å². The van der Waals surface area contributed by atoms with Crippen LogP contribution in [0.5, 0.6) is 0 Å². The highest BCUT2D eigenvalue weighted by molar-refractivity contribution is 5.94. The van der Waals surface area contributed by atoms with Crippen LogP contribution in [0.4, 0.5) is 11.6 Å². The minimum Gasteiger partial charge on any atom is -0.394 e. The van der Waals surface area contributed by atoms with Crippen molar-refractivity contribution in [2.75, 3.05) is 11.9 Å². The van der Waals surface area contributed by atoms with E-state index in [0.717, 1.165) is 22.2 Å². The van der Waals surface area contributed by atoms with E-state index in [-0.39, 0.29) is 18.6 Å². The Morgan fingerprint density at radius 3 is 2.73 bits per heavy atom. The van der Waals surface area contributed by atoms with Crippen molar-refractivity contribution in [3.8, 4) is 11.4 Å². The zero-order valence-electron chi connectivity index (χ0n) is 18.7. The Bertz CT molecular complexity index is 1280. The monoisotopic (exact) mass is 445 g/mol. The number of hydrogen-bond donors (Lipinski definition) is 4. The number of nitrogens with zero attached hydrogens (tertiary/aromatic N) is 4. The van der Waals surface area contributed by atoms with E-state index in [1.165, 1.54) is 18.4 Å². The van der Waals surface area contributed by atoms with Crippen LogP contribution < -0.4 is 10.6 Å². The number of aliphatic hydroxyl groups excluding tert-OH is 1. The topological polar surface area (TPSA) is 121 Å². The smallest absolute Gasteiger partial charge is 0.251 e. The Morgan fingerprint density at radius 1 is 1.24 bits per heavy atom. The summed E-state index contributed by atoms with van der Waals surface area (Å²) in [6.07, 6.45) is 4.92. The number of rotatable bonds is 8. The quantitative estimate of drug-likeness (QED) is 0.330. The van der Waals surface area contributed by atoms with Crippen molar-refractivity contribution in [2.45, 2.75) is 38.1 Å². The Hall–Kier alpha value is -3.72. The number of aryl methyl sites for hydroxylation is 1. The zero-order valence-corrected chi connectivity index (χ0v) is 18.7. The average molecular weight is 446 g/mol. The fraction of sp³-hybridized carbons (Fsp3) is 0.333. The van der Waals surface area contributed by atoms with Gasteiger partial charge in [-0.1, -0.05) is 19.1 Å². The molecule has 0 spiro atoms. The summed E-state index contributed by atoms with van der Waals surface area (Å²) < 4.78 is 1.72. The van der Waals surface area contributed by atoms with Crippen LogP contribution >= 0.6 is 0 Å². The van der Waals surface area contributed by atoms with Gasteiger partial charge in [0, 0.05) is 29.2 Å². The third kappa shape index (κ3) is 4.19. The molecule has 1 saturated carbocycles. The van der Waals surface area contributed by atoms with E-state index < -0.39 is 0 Å². The number of carbonyl (C=O) groups is 1. The second-order valence-electron chi connectivity index (χ2n) is 8.48. The summed E-state index contributed by atoms with van der Waals surface area (Å²) in [6, 6.07) is 11.0. The predicted molar refractivity (Wildman–Crippen MR) is 126 cm³/mol. The maximum Gasteiger partial charge on any atom is 0.251 e. The number of amides is 1. The third-order valence-corrected chi connectivity index (χ3v) is 6.11. The highest BCUT2D eigenvalue weighted by atomic mass is 16.3. The van der Waals surface area contributed by atoms with Gasteiger partial charge in [-0.3, -0.25) is 9.89 Å². The standard InChI is InChI=1S/C24H27N7O2/c1-3-17(13-32)26-23(33)16-8-6-15(7-9-16)22-28-24(31(2)30-22)27-20-11-10-19-18(12-25-29-19)21(20)14-4-5-14/h6-12,14,17,32H,3-5,13H2,1-2H3,(H,25,29)(H,26,33)(H,27,28,30). The second kappa shape index (κ2) is 8.67. The number of carbonyl (C=O) groups excluding carboxylic acids is 1. The summed E-state index contributed by atoms with van der Waals surface area (Å²) in [6.45, 7) is 1.84. The molecule has 0 saturated heterocycles. The van der Waals surface area contributed by atoms with Crippen LogP contribution in [0, 0.1) is 0 Å². The molecule has 2 aromatic carbocycles. The lowest BCUT2D eigenvalue weighted by Gasteiger charge is -2.13. The summed E-state index contributed by atoms with van der Waals surface area (Å²) in [5, 5.41) is 28.5. The van der Waals surface area contributed by atoms with E-state index in [0.29, 0.717) is 29.7 Å². The molecule has 1 unspecified atom stereocenters. The molecule has 1 atom stereocenters. The number of hydrogen-bond acceptors (Lipinski definition) is 6. The fourth-order valence-corrected chi connectivity index (χ4v) is 4.01. The van der Waals surface area contributed by atoms with Gasteiger partial charge in [-0.05, 0) is 55.0 Å². The summed E-state index contributed by atoms with van der Waals surface area (Å²) in [5.41, 5.74) is 4.68. The number of nitrogens with one attached hydrogen (secondary N) is 3. The molecule has 1 aliphatic carbocycles. The van der Waals surface area contributed by atoms with E-state index in [4.69, 9.17) is 4.98 Å². The van der Waals surface area contributed by atoms with Gasteiger partial charge < -0.3 is 15.7 Å². The van der Waals surface area contributed by atoms with E-state index in [1.54, 1.807) is 16.8 Å². The third-order valence-electron chi connectivity index (χ3n) is 6.11. The molecular weight excluding hydrogens is 418 g/mol. The molecule has 9 nitrogen and oxygen atoms in total. The summed E-state index contributed by atoms with van der Waals surface area (Å²) >= 11 is 0. The van der Waals surface area contributed by atoms with Crippen molar-refractivity contribution in [1.29, 1.82) is 0 Å². The van der Waals surface area contributed by atoms with Gasteiger partial charge in [0.2, 0.25) is 5.95 Å². The zero-order chi connectivity index (χ0) is 22.9. The molecule has 33 heavy (non-hydrogen) atoms. The Balaban J connectivity index is 1.37. The van der Waals surface area contributed by atoms with Crippen LogP contribution in [-0.2, 0) is 7.05 Å². The van der Waals surface area contributed by atoms with Crippen LogP contribution in [0.1, 0.15) is 48.0 Å². The average Bonchev–Trinajstić information content (AvgIpc) is 3.44. The number of aliphatic hydroxyl groups is 1. The molecule has 2 aromatic heterocycles. The summed E-state index contributed by atoms with van der Waals surface area (Å²) in [7, 11) is 1.85. The lowest BCUT2D eigenvalue weighted by atomic mass is 10.0. The van der Waals surface area contributed by atoms with Crippen molar-refractivity contribution in [2.24, 2.45) is 7.05 Å². The van der Waals surface area contributed by atoms with Crippen molar-refractivity contribution in [1.82, 2.24) is 30.3 Å². The fourth-order valence-electron chi connectivity index (χ4n) is 4.01. The lowest BCUT2D eigenvalue weighted by molar-refractivity contribution is 0.0915. The Labute approximate surface area is 191 Å². The molecule has 170 valence electrons. The van der Waals surface area contributed by atoms with Crippen molar-refractivity contribution < 1.29 is 9.90 Å². The molecule has 1 aliphatic rings. The van der Waals surface area contributed by atoms with Gasteiger partial charge in [0.1, 0.15) is 0 Å². The summed E-state index contributed by atoms with van der Waals surface area (Å²) in [5.74, 6) is 1.55. The van der Waals surface area contributed by atoms with E-state index in [1.807, 2.05) is 38.4 Å². The van der Waals surface area contributed by atoms with Crippen LogP contribution in [0.25, 0.3) is 22.3 Å². The number of aromatic amines is 1. The molecule has 1 amide bonds. The van der Waals surface area contributed by atoms with Gasteiger partial charge in [0.05, 0.1) is 24.4 Å². The van der Waals surface area contributed by atoms with E-state index >= 15 is 0 Å². The Kier molecular flexibility index (Phi) is 5.55. The first-order valence-corrected chi connectivity index (χ1v) is 11.2. The van der Waals surface area contributed by atoms with Gasteiger partial charge in [-0.15, -0.1) is 5.10 Å². The molecule has 0 radical (unpaired) electrons. The maximum absolute atomic E-state index is 12.4. The molecule has 0 aliphatic heterocycles. The number of benzene rings is 2. The van der Waals surface area contributed by atoms with E-state index in [9.17, 15) is 9.90 Å². The first-order chi connectivity index (χ1) is 16.1. The van der Waals surface area contributed by atoms with Crippen LogP contribution in [0.3, 0.4) is 0 Å². The SMILES string of the molecule is CCC(CO)NC(=O)c1ccc(-c2nc(Nc3ccc4[nH]ncc4c3C3CC3)n(C)n2)cc1. The second-order valence-corrected chi connectivity index (χ2v) is 8.48. The van der Waals surface area contributed by atoms with E-state index in [2.05, 4.69) is 32.0 Å². The molecular formula is C24H27N7O2. The molecule has 5 rings (SSSR count). The predicted octanol–water partition coefficient (Wildman–Crippen LogP) is 3.48. The molecule has 4 aromatic rings. The largest absolute Gasteiger partial charge is 0.394 e. The minimum absolute atomic E-state index is 0.0794. The van der Waals surface area contributed by atoms with Crippen LogP contribution in [0.15, 0.2) is 42.6 Å². The van der Waals surface area contributed by atoms with Crippen molar-refractivity contribution in [3.63, 3.8) is 0 Å². The highest BCUT2D eigenvalue weighted by Gasteiger charge is 2.29. The maximum atomic E-state index is 12.4. The highest BCUT2D eigenvalue weighted by Crippen LogP contribution is 2.47.